The lowest BCUT2D eigenvalue weighted by molar-refractivity contribution is -0.0498. The molecule has 0 bridgehead atoms. The first-order chi connectivity index (χ1) is 11.3. The van der Waals surface area contributed by atoms with Gasteiger partial charge in [-0.2, -0.15) is 8.78 Å². The number of nitrogens with one attached hydrogen (secondary N) is 1. The van der Waals surface area contributed by atoms with E-state index in [4.69, 9.17) is 5.14 Å². The normalized spacial score (nSPS) is 11.3. The van der Waals surface area contributed by atoms with Crippen LogP contribution in [0.4, 0.5) is 8.78 Å². The zero-order valence-corrected chi connectivity index (χ0v) is 13.1. The van der Waals surface area contributed by atoms with Gasteiger partial charge in [0.05, 0.1) is 4.90 Å². The maximum atomic E-state index is 12.0. The summed E-state index contributed by atoms with van der Waals surface area (Å²) in [6.45, 7) is -2.76. The zero-order valence-electron chi connectivity index (χ0n) is 12.3. The number of amides is 1. The van der Waals surface area contributed by atoms with Crippen LogP contribution in [0.1, 0.15) is 15.9 Å². The van der Waals surface area contributed by atoms with Gasteiger partial charge < -0.3 is 10.1 Å². The molecule has 9 heteroatoms. The fraction of sp³-hybridized carbons (Fsp3) is 0.133. The predicted octanol–water partition coefficient (Wildman–Crippen LogP) is 1.87. The fourth-order valence-corrected chi connectivity index (χ4v) is 2.38. The minimum absolute atomic E-state index is 0.0211. The molecule has 0 aromatic heterocycles. The number of nitrogens with two attached hydrogens (primary N) is 1. The van der Waals surface area contributed by atoms with Crippen LogP contribution in [-0.2, 0) is 16.6 Å². The van der Waals surface area contributed by atoms with Gasteiger partial charge in [-0.3, -0.25) is 4.79 Å². The summed E-state index contributed by atoms with van der Waals surface area (Å²) in [6.07, 6.45) is 0. The molecular weight excluding hydrogens is 342 g/mol. The Balaban J connectivity index is 1.95. The van der Waals surface area contributed by atoms with E-state index in [0.29, 0.717) is 5.56 Å². The van der Waals surface area contributed by atoms with E-state index in [1.165, 1.54) is 48.5 Å². The Kier molecular flexibility index (Phi) is 5.47. The van der Waals surface area contributed by atoms with Gasteiger partial charge in [0.15, 0.2) is 0 Å². The molecule has 0 saturated heterocycles. The molecule has 128 valence electrons. The van der Waals surface area contributed by atoms with Crippen molar-refractivity contribution in [3.05, 3.63) is 59.7 Å². The predicted molar refractivity (Wildman–Crippen MR) is 82.1 cm³/mol. The summed E-state index contributed by atoms with van der Waals surface area (Å²) in [5.74, 6) is -0.450. The lowest BCUT2D eigenvalue weighted by atomic mass is 10.2. The minimum Gasteiger partial charge on any atom is -0.435 e. The third-order valence-corrected chi connectivity index (χ3v) is 3.98. The first-order valence-corrected chi connectivity index (χ1v) is 8.25. The van der Waals surface area contributed by atoms with Gasteiger partial charge in [0.2, 0.25) is 10.0 Å². The number of hydrogen-bond donors (Lipinski definition) is 2. The molecule has 0 atom stereocenters. The standard InChI is InChI=1S/C15H14F2N2O4S/c16-15(17)23-12-5-3-11(4-6-12)14(20)19-9-10-1-7-13(8-2-10)24(18,21)22/h1-8,15H,9H2,(H,19,20)(H2,18,21,22). The van der Waals surface area contributed by atoms with Crippen molar-refractivity contribution in [2.24, 2.45) is 5.14 Å². The highest BCUT2D eigenvalue weighted by Crippen LogP contribution is 2.15. The van der Waals surface area contributed by atoms with E-state index in [-0.39, 0.29) is 22.8 Å². The molecule has 3 N–H and O–H groups in total. The second-order valence-corrected chi connectivity index (χ2v) is 6.34. The van der Waals surface area contributed by atoms with Gasteiger partial charge in [-0.05, 0) is 42.0 Å². The van der Waals surface area contributed by atoms with Crippen molar-refractivity contribution in [3.63, 3.8) is 0 Å². The van der Waals surface area contributed by atoms with Gasteiger partial charge >= 0.3 is 6.61 Å². The van der Waals surface area contributed by atoms with Crippen LogP contribution in [0, 0.1) is 0 Å². The summed E-state index contributed by atoms with van der Waals surface area (Å²) in [7, 11) is -3.76. The van der Waals surface area contributed by atoms with Crippen molar-refractivity contribution in [1.82, 2.24) is 5.32 Å². The van der Waals surface area contributed by atoms with E-state index >= 15 is 0 Å². The Morgan fingerprint density at radius 1 is 1.08 bits per heavy atom. The number of halogens is 2. The number of rotatable bonds is 6. The maximum absolute atomic E-state index is 12.0. The van der Waals surface area contributed by atoms with Crippen LogP contribution >= 0.6 is 0 Å². The topological polar surface area (TPSA) is 98.5 Å². The molecule has 2 aromatic rings. The molecule has 2 aromatic carbocycles. The largest absolute Gasteiger partial charge is 0.435 e. The molecule has 0 aliphatic heterocycles. The van der Waals surface area contributed by atoms with Crippen LogP contribution in [0.5, 0.6) is 5.75 Å². The van der Waals surface area contributed by atoms with Crippen LogP contribution in [0.25, 0.3) is 0 Å². The molecule has 0 fully saturated rings. The number of carbonyl (C=O) groups excluding carboxylic acids is 1. The average molecular weight is 356 g/mol. The summed E-state index contributed by atoms with van der Waals surface area (Å²) in [6, 6.07) is 11.0. The Hall–Kier alpha value is -2.52. The van der Waals surface area contributed by atoms with Crippen LogP contribution in [0.2, 0.25) is 0 Å². The van der Waals surface area contributed by atoms with E-state index < -0.39 is 22.5 Å². The lowest BCUT2D eigenvalue weighted by Crippen LogP contribution is -2.22. The monoisotopic (exact) mass is 356 g/mol. The Morgan fingerprint density at radius 3 is 2.17 bits per heavy atom. The van der Waals surface area contributed by atoms with E-state index in [9.17, 15) is 22.0 Å². The SMILES string of the molecule is NS(=O)(=O)c1ccc(CNC(=O)c2ccc(OC(F)F)cc2)cc1. The number of hydrogen-bond acceptors (Lipinski definition) is 4. The van der Waals surface area contributed by atoms with Crippen LogP contribution in [0.3, 0.4) is 0 Å². The van der Waals surface area contributed by atoms with Crippen molar-refractivity contribution in [1.29, 1.82) is 0 Å². The number of carbonyl (C=O) groups is 1. The first-order valence-electron chi connectivity index (χ1n) is 6.70. The van der Waals surface area contributed by atoms with Crippen molar-refractivity contribution in [2.75, 3.05) is 0 Å². The van der Waals surface area contributed by atoms with E-state index in [1.807, 2.05) is 0 Å². The van der Waals surface area contributed by atoms with Gasteiger partial charge in [-0.1, -0.05) is 12.1 Å². The minimum atomic E-state index is -3.76. The number of sulfonamides is 1. The fourth-order valence-electron chi connectivity index (χ4n) is 1.87. The zero-order chi connectivity index (χ0) is 17.7. The number of benzene rings is 2. The van der Waals surface area contributed by atoms with Gasteiger partial charge in [-0.25, -0.2) is 13.6 Å². The van der Waals surface area contributed by atoms with E-state index in [1.54, 1.807) is 0 Å². The highest BCUT2D eigenvalue weighted by atomic mass is 32.2. The van der Waals surface area contributed by atoms with Crippen LogP contribution in [0.15, 0.2) is 53.4 Å². The molecule has 0 unspecified atom stereocenters. The molecule has 0 aliphatic carbocycles. The molecule has 0 radical (unpaired) electrons. The second kappa shape index (κ2) is 7.37. The maximum Gasteiger partial charge on any atom is 0.387 e. The highest BCUT2D eigenvalue weighted by Gasteiger charge is 2.09. The van der Waals surface area contributed by atoms with Crippen molar-refractivity contribution < 1.29 is 26.7 Å². The summed E-state index contributed by atoms with van der Waals surface area (Å²) < 4.78 is 50.6. The summed E-state index contributed by atoms with van der Waals surface area (Å²) in [4.78, 5) is 11.9. The van der Waals surface area contributed by atoms with Crippen LogP contribution < -0.4 is 15.2 Å². The molecule has 6 nitrogen and oxygen atoms in total. The average Bonchev–Trinajstić information content (AvgIpc) is 2.52. The molecule has 0 spiro atoms. The quantitative estimate of drug-likeness (QED) is 0.825. The third kappa shape index (κ3) is 5.00. The molecule has 1 amide bonds. The molecule has 2 rings (SSSR count). The van der Waals surface area contributed by atoms with E-state index in [0.717, 1.165) is 0 Å². The van der Waals surface area contributed by atoms with Crippen molar-refractivity contribution in [2.45, 2.75) is 18.1 Å². The second-order valence-electron chi connectivity index (χ2n) is 4.77. The van der Waals surface area contributed by atoms with Crippen molar-refractivity contribution >= 4 is 15.9 Å². The van der Waals surface area contributed by atoms with Gasteiger partial charge in [0.1, 0.15) is 5.75 Å². The molecule has 24 heavy (non-hydrogen) atoms. The van der Waals surface area contributed by atoms with Gasteiger partial charge in [-0.15, -0.1) is 0 Å². The molecule has 0 heterocycles. The van der Waals surface area contributed by atoms with Crippen LogP contribution in [-0.4, -0.2) is 20.9 Å². The lowest BCUT2D eigenvalue weighted by Gasteiger charge is -2.08. The number of alkyl halides is 2. The highest BCUT2D eigenvalue weighted by molar-refractivity contribution is 7.89. The van der Waals surface area contributed by atoms with Crippen molar-refractivity contribution in [3.8, 4) is 5.75 Å². The summed E-state index contributed by atoms with van der Waals surface area (Å²) in [5.41, 5.74) is 0.950. The molecular formula is C15H14F2N2O4S. The first kappa shape index (κ1) is 17.8. The summed E-state index contributed by atoms with van der Waals surface area (Å²) >= 11 is 0. The third-order valence-electron chi connectivity index (χ3n) is 3.05. The van der Waals surface area contributed by atoms with Gasteiger partial charge in [0, 0.05) is 12.1 Å². The molecule has 0 saturated carbocycles. The number of primary sulfonamides is 1. The molecule has 0 aliphatic rings. The van der Waals surface area contributed by atoms with E-state index in [2.05, 4.69) is 10.1 Å². The Bertz CT molecular complexity index is 806. The number of ether oxygens (including phenoxy) is 1. The Labute approximate surface area is 137 Å². The smallest absolute Gasteiger partial charge is 0.387 e. The Morgan fingerprint density at radius 2 is 1.67 bits per heavy atom. The van der Waals surface area contributed by atoms with Gasteiger partial charge in [0.25, 0.3) is 5.91 Å². The summed E-state index contributed by atoms with van der Waals surface area (Å²) in [5, 5.41) is 7.62.